The van der Waals surface area contributed by atoms with Gasteiger partial charge in [-0.05, 0) is 19.9 Å². The van der Waals surface area contributed by atoms with Crippen LogP contribution < -0.4 is 10.3 Å². The van der Waals surface area contributed by atoms with Crippen LogP contribution in [0.2, 0.25) is 0 Å². The van der Waals surface area contributed by atoms with Gasteiger partial charge in [0.05, 0.1) is 24.8 Å². The van der Waals surface area contributed by atoms with Crippen molar-refractivity contribution in [2.75, 3.05) is 6.61 Å². The van der Waals surface area contributed by atoms with E-state index in [2.05, 4.69) is 15.0 Å². The molecule has 1 N–H and O–H groups in total. The highest BCUT2D eigenvalue weighted by Crippen LogP contribution is 2.21. The van der Waals surface area contributed by atoms with E-state index in [-0.39, 0.29) is 5.56 Å². The molecule has 88 valence electrons. The van der Waals surface area contributed by atoms with Gasteiger partial charge in [-0.15, -0.1) is 0 Å². The molecule has 0 unspecified atom stereocenters. The van der Waals surface area contributed by atoms with Crippen LogP contribution in [-0.4, -0.2) is 21.6 Å². The third-order valence-electron chi connectivity index (χ3n) is 2.38. The second kappa shape index (κ2) is 4.78. The van der Waals surface area contributed by atoms with Gasteiger partial charge in [-0.2, -0.15) is 0 Å². The first kappa shape index (κ1) is 11.3. The lowest BCUT2D eigenvalue weighted by Gasteiger charge is -2.06. The first-order valence-electron chi connectivity index (χ1n) is 5.35. The summed E-state index contributed by atoms with van der Waals surface area (Å²) in [5, 5.41) is 0. The van der Waals surface area contributed by atoms with Crippen LogP contribution in [0, 0.1) is 6.92 Å². The lowest BCUT2D eigenvalue weighted by molar-refractivity contribution is 0.339. The Balaban J connectivity index is 2.49. The number of aromatic nitrogens is 3. The van der Waals surface area contributed by atoms with Crippen molar-refractivity contribution < 1.29 is 4.74 Å². The molecule has 0 aliphatic carbocycles. The molecule has 0 saturated carbocycles. The summed E-state index contributed by atoms with van der Waals surface area (Å²) in [6.07, 6.45) is 4.69. The Bertz CT molecular complexity index is 578. The normalized spacial score (nSPS) is 10.2. The lowest BCUT2D eigenvalue weighted by atomic mass is 10.1. The summed E-state index contributed by atoms with van der Waals surface area (Å²) in [7, 11) is 0. The van der Waals surface area contributed by atoms with Gasteiger partial charge in [0.1, 0.15) is 5.75 Å². The Morgan fingerprint density at radius 2 is 2.24 bits per heavy atom. The zero-order valence-corrected chi connectivity index (χ0v) is 9.73. The molecule has 0 spiro atoms. The Morgan fingerprint density at radius 1 is 1.41 bits per heavy atom. The highest BCUT2D eigenvalue weighted by Gasteiger charge is 2.07. The summed E-state index contributed by atoms with van der Waals surface area (Å²) in [5.74, 6) is 0.673. The Labute approximate surface area is 98.5 Å². The molecule has 0 radical (unpaired) electrons. The average molecular weight is 231 g/mol. The number of aromatic amines is 1. The van der Waals surface area contributed by atoms with Crippen LogP contribution in [0.3, 0.4) is 0 Å². The number of hydrogen-bond acceptors (Lipinski definition) is 4. The SMILES string of the molecule is CCOc1cncc(-c2nc[nH]c(=O)c2C)c1. The van der Waals surface area contributed by atoms with Crippen molar-refractivity contribution in [3.63, 3.8) is 0 Å². The standard InChI is InChI=1S/C12H13N3O2/c1-3-17-10-4-9(5-13-6-10)11-8(2)12(16)15-7-14-11/h4-7H,3H2,1-2H3,(H,14,15,16). The summed E-state index contributed by atoms with van der Waals surface area (Å²) >= 11 is 0. The third kappa shape index (κ3) is 2.33. The maximum atomic E-state index is 11.5. The first-order chi connectivity index (χ1) is 8.22. The van der Waals surface area contributed by atoms with Crippen LogP contribution in [-0.2, 0) is 0 Å². The molecule has 0 bridgehead atoms. The monoisotopic (exact) mass is 231 g/mol. The van der Waals surface area contributed by atoms with Gasteiger partial charge in [0.25, 0.3) is 5.56 Å². The number of H-pyrrole nitrogens is 1. The molecule has 17 heavy (non-hydrogen) atoms. The van der Waals surface area contributed by atoms with Crippen LogP contribution >= 0.6 is 0 Å². The van der Waals surface area contributed by atoms with Crippen molar-refractivity contribution in [1.29, 1.82) is 0 Å². The molecule has 0 atom stereocenters. The minimum atomic E-state index is -0.142. The Kier molecular flexibility index (Phi) is 3.18. The van der Waals surface area contributed by atoms with Gasteiger partial charge in [0.2, 0.25) is 0 Å². The zero-order chi connectivity index (χ0) is 12.3. The van der Waals surface area contributed by atoms with Crippen molar-refractivity contribution in [2.24, 2.45) is 0 Å². The molecule has 5 nitrogen and oxygen atoms in total. The van der Waals surface area contributed by atoms with E-state index in [9.17, 15) is 4.79 Å². The fraction of sp³-hybridized carbons (Fsp3) is 0.250. The molecule has 5 heteroatoms. The van der Waals surface area contributed by atoms with Gasteiger partial charge < -0.3 is 9.72 Å². The minimum Gasteiger partial charge on any atom is -0.492 e. The van der Waals surface area contributed by atoms with Crippen LogP contribution in [0.1, 0.15) is 12.5 Å². The van der Waals surface area contributed by atoms with Crippen LogP contribution in [0.25, 0.3) is 11.3 Å². The van der Waals surface area contributed by atoms with E-state index < -0.39 is 0 Å². The van der Waals surface area contributed by atoms with Gasteiger partial charge >= 0.3 is 0 Å². The highest BCUT2D eigenvalue weighted by atomic mass is 16.5. The summed E-state index contributed by atoms with van der Waals surface area (Å²) in [4.78, 5) is 22.2. The largest absolute Gasteiger partial charge is 0.492 e. The van der Waals surface area contributed by atoms with Crippen LogP contribution in [0.4, 0.5) is 0 Å². The Morgan fingerprint density at radius 3 is 3.00 bits per heavy atom. The van der Waals surface area contributed by atoms with E-state index in [0.717, 1.165) is 5.56 Å². The predicted molar refractivity (Wildman–Crippen MR) is 64.0 cm³/mol. The van der Waals surface area contributed by atoms with Gasteiger partial charge in [-0.3, -0.25) is 9.78 Å². The van der Waals surface area contributed by atoms with E-state index in [4.69, 9.17) is 4.74 Å². The molecule has 0 aliphatic rings. The highest BCUT2D eigenvalue weighted by molar-refractivity contribution is 5.62. The molecule has 0 saturated heterocycles. The number of ether oxygens (including phenoxy) is 1. The molecule has 2 aromatic rings. The van der Waals surface area contributed by atoms with E-state index in [0.29, 0.717) is 23.6 Å². The predicted octanol–water partition coefficient (Wildman–Crippen LogP) is 1.54. The third-order valence-corrected chi connectivity index (χ3v) is 2.38. The first-order valence-corrected chi connectivity index (χ1v) is 5.35. The molecule has 0 fully saturated rings. The average Bonchev–Trinajstić information content (AvgIpc) is 2.33. The summed E-state index contributed by atoms with van der Waals surface area (Å²) in [5.41, 5.74) is 1.84. The maximum absolute atomic E-state index is 11.5. The molecule has 0 aliphatic heterocycles. The maximum Gasteiger partial charge on any atom is 0.254 e. The van der Waals surface area contributed by atoms with E-state index in [1.165, 1.54) is 6.33 Å². The number of nitrogens with one attached hydrogen (secondary N) is 1. The topological polar surface area (TPSA) is 67.9 Å². The molecule has 0 amide bonds. The molecule has 0 aromatic carbocycles. The van der Waals surface area contributed by atoms with Crippen molar-refractivity contribution in [3.8, 4) is 17.0 Å². The molecule has 2 heterocycles. The van der Waals surface area contributed by atoms with Crippen molar-refractivity contribution in [2.45, 2.75) is 13.8 Å². The fourth-order valence-corrected chi connectivity index (χ4v) is 1.55. The van der Waals surface area contributed by atoms with Crippen LogP contribution in [0.15, 0.2) is 29.6 Å². The summed E-state index contributed by atoms with van der Waals surface area (Å²) < 4.78 is 5.36. The number of hydrogen-bond donors (Lipinski definition) is 1. The second-order valence-corrected chi connectivity index (χ2v) is 3.55. The van der Waals surface area contributed by atoms with Crippen LogP contribution in [0.5, 0.6) is 5.75 Å². The molecular weight excluding hydrogens is 218 g/mol. The number of nitrogens with zero attached hydrogens (tertiary/aromatic N) is 2. The zero-order valence-electron chi connectivity index (χ0n) is 9.73. The van der Waals surface area contributed by atoms with Gasteiger partial charge in [-0.1, -0.05) is 0 Å². The quantitative estimate of drug-likeness (QED) is 0.870. The second-order valence-electron chi connectivity index (χ2n) is 3.55. The van der Waals surface area contributed by atoms with Gasteiger partial charge in [0, 0.05) is 17.3 Å². The molecule has 2 aromatic heterocycles. The van der Waals surface area contributed by atoms with Gasteiger partial charge in [0.15, 0.2) is 0 Å². The van der Waals surface area contributed by atoms with E-state index in [1.54, 1.807) is 19.3 Å². The van der Waals surface area contributed by atoms with Gasteiger partial charge in [-0.25, -0.2) is 4.98 Å². The lowest BCUT2D eigenvalue weighted by Crippen LogP contribution is -2.11. The van der Waals surface area contributed by atoms with Crippen molar-refractivity contribution >= 4 is 0 Å². The summed E-state index contributed by atoms with van der Waals surface area (Å²) in [6.45, 7) is 4.21. The van der Waals surface area contributed by atoms with Crippen molar-refractivity contribution in [1.82, 2.24) is 15.0 Å². The van der Waals surface area contributed by atoms with E-state index in [1.807, 2.05) is 13.0 Å². The summed E-state index contributed by atoms with van der Waals surface area (Å²) in [6, 6.07) is 1.82. The molecule has 2 rings (SSSR count). The Hall–Kier alpha value is -2.17. The number of rotatable bonds is 3. The molecular formula is C12H13N3O2. The van der Waals surface area contributed by atoms with Crippen molar-refractivity contribution in [3.05, 3.63) is 40.7 Å². The minimum absolute atomic E-state index is 0.142. The smallest absolute Gasteiger partial charge is 0.254 e. The van der Waals surface area contributed by atoms with E-state index >= 15 is 0 Å². The fourth-order valence-electron chi connectivity index (χ4n) is 1.55. The number of pyridine rings is 1.